The van der Waals surface area contributed by atoms with E-state index in [2.05, 4.69) is 6.58 Å². The fourth-order valence-electron chi connectivity index (χ4n) is 1.48. The summed E-state index contributed by atoms with van der Waals surface area (Å²) in [6.45, 7) is 3.63. The van der Waals surface area contributed by atoms with Gasteiger partial charge < -0.3 is 0 Å². The summed E-state index contributed by atoms with van der Waals surface area (Å²) in [5.74, 6) is -2.47. The second kappa shape index (κ2) is 3.33. The average Bonchev–Trinajstić information content (AvgIpc) is 1.82. The molecule has 0 aliphatic heterocycles. The minimum atomic E-state index is -2.47. The van der Waals surface area contributed by atoms with Crippen LogP contribution in [0.15, 0.2) is 12.2 Å². The lowest BCUT2D eigenvalue weighted by atomic mass is 9.95. The number of rotatable bonds is 0. The Morgan fingerprint density at radius 3 is 2.64 bits per heavy atom. The van der Waals surface area contributed by atoms with Gasteiger partial charge in [-0.05, 0) is 19.3 Å². The third kappa shape index (κ3) is 3.00. The Balaban J connectivity index is 2.49. The lowest BCUT2D eigenvalue weighted by molar-refractivity contribution is -0.0122. The summed E-state index contributed by atoms with van der Waals surface area (Å²) in [7, 11) is 0. The molecule has 0 aromatic carbocycles. The third-order valence-corrected chi connectivity index (χ3v) is 2.08. The van der Waals surface area contributed by atoms with E-state index in [1.54, 1.807) is 0 Å². The van der Waals surface area contributed by atoms with Crippen molar-refractivity contribution in [2.45, 2.75) is 44.4 Å². The molecule has 0 radical (unpaired) electrons. The largest absolute Gasteiger partial charge is 0.251 e. The topological polar surface area (TPSA) is 0 Å². The average molecular weight is 160 g/mol. The van der Waals surface area contributed by atoms with Crippen molar-refractivity contribution < 1.29 is 8.78 Å². The highest BCUT2D eigenvalue weighted by atomic mass is 19.3. The zero-order valence-corrected chi connectivity index (χ0v) is 6.71. The molecule has 1 aliphatic carbocycles. The van der Waals surface area contributed by atoms with Crippen LogP contribution in [0.4, 0.5) is 8.78 Å². The molecular formula is C9H14F2. The molecule has 1 fully saturated rings. The summed E-state index contributed by atoms with van der Waals surface area (Å²) in [6.07, 6.45) is 3.37. The molecule has 0 N–H and O–H groups in total. The Hall–Kier alpha value is -0.400. The Bertz CT molecular complexity index is 150. The van der Waals surface area contributed by atoms with E-state index in [1.165, 1.54) is 0 Å². The molecule has 0 heterocycles. The Morgan fingerprint density at radius 2 is 1.91 bits per heavy atom. The molecule has 0 nitrogen and oxygen atoms in total. The molecule has 0 aromatic rings. The van der Waals surface area contributed by atoms with Crippen molar-refractivity contribution in [3.63, 3.8) is 0 Å². The SMILES string of the molecule is C=C1CCCCCC(F)(F)C1. The smallest absolute Gasteiger partial charge is 0.207 e. The van der Waals surface area contributed by atoms with Gasteiger partial charge in [0.2, 0.25) is 0 Å². The van der Waals surface area contributed by atoms with Gasteiger partial charge in [0.1, 0.15) is 0 Å². The first-order chi connectivity index (χ1) is 5.10. The number of alkyl halides is 2. The molecule has 1 rings (SSSR count). The van der Waals surface area contributed by atoms with Gasteiger partial charge in [0.05, 0.1) is 0 Å². The van der Waals surface area contributed by atoms with Crippen LogP contribution in [0.1, 0.15) is 38.5 Å². The van der Waals surface area contributed by atoms with E-state index >= 15 is 0 Å². The predicted octanol–water partition coefficient (Wildman–Crippen LogP) is 3.53. The van der Waals surface area contributed by atoms with E-state index < -0.39 is 5.92 Å². The molecule has 11 heavy (non-hydrogen) atoms. The quantitative estimate of drug-likeness (QED) is 0.475. The maximum Gasteiger partial charge on any atom is 0.251 e. The van der Waals surface area contributed by atoms with Gasteiger partial charge in [0, 0.05) is 12.8 Å². The Labute approximate surface area is 66.3 Å². The van der Waals surface area contributed by atoms with Gasteiger partial charge in [-0.3, -0.25) is 0 Å². The maximum atomic E-state index is 12.8. The van der Waals surface area contributed by atoms with Crippen molar-refractivity contribution in [1.82, 2.24) is 0 Å². The Morgan fingerprint density at radius 1 is 1.18 bits per heavy atom. The van der Waals surface area contributed by atoms with Gasteiger partial charge in [-0.15, -0.1) is 0 Å². The van der Waals surface area contributed by atoms with E-state index in [4.69, 9.17) is 0 Å². The second-order valence-electron chi connectivity index (χ2n) is 3.34. The molecule has 0 saturated heterocycles. The molecule has 0 aromatic heterocycles. The molecule has 1 aliphatic rings. The number of hydrogen-bond acceptors (Lipinski definition) is 0. The van der Waals surface area contributed by atoms with E-state index in [1.807, 2.05) is 0 Å². The molecule has 0 bridgehead atoms. The minimum absolute atomic E-state index is 0.0476. The van der Waals surface area contributed by atoms with Gasteiger partial charge >= 0.3 is 0 Å². The van der Waals surface area contributed by atoms with E-state index in [0.29, 0.717) is 6.42 Å². The summed E-state index contributed by atoms with van der Waals surface area (Å²) in [6, 6.07) is 0. The van der Waals surface area contributed by atoms with Crippen LogP contribution < -0.4 is 0 Å². The molecule has 0 spiro atoms. The normalized spacial score (nSPS) is 25.8. The van der Waals surface area contributed by atoms with Gasteiger partial charge in [0.25, 0.3) is 5.92 Å². The zero-order valence-electron chi connectivity index (χ0n) is 6.71. The third-order valence-electron chi connectivity index (χ3n) is 2.08. The van der Waals surface area contributed by atoms with Crippen molar-refractivity contribution in [2.75, 3.05) is 0 Å². The zero-order chi connectivity index (χ0) is 8.32. The highest BCUT2D eigenvalue weighted by Gasteiger charge is 2.29. The maximum absolute atomic E-state index is 12.8. The standard InChI is InChI=1S/C9H14F2/c1-8-5-3-2-4-6-9(10,11)7-8/h1-7H2. The lowest BCUT2D eigenvalue weighted by Gasteiger charge is -2.20. The first kappa shape index (κ1) is 8.69. The fraction of sp³-hybridized carbons (Fsp3) is 0.778. The fourth-order valence-corrected chi connectivity index (χ4v) is 1.48. The monoisotopic (exact) mass is 160 g/mol. The van der Waals surface area contributed by atoms with Crippen molar-refractivity contribution in [3.8, 4) is 0 Å². The molecule has 0 atom stereocenters. The highest BCUT2D eigenvalue weighted by molar-refractivity contribution is 4.99. The van der Waals surface area contributed by atoms with Crippen LogP contribution in [0.2, 0.25) is 0 Å². The number of hydrogen-bond donors (Lipinski definition) is 0. The van der Waals surface area contributed by atoms with E-state index in [0.717, 1.165) is 24.8 Å². The molecule has 1 saturated carbocycles. The van der Waals surface area contributed by atoms with Crippen LogP contribution in [0.3, 0.4) is 0 Å². The van der Waals surface area contributed by atoms with Crippen LogP contribution in [-0.4, -0.2) is 5.92 Å². The number of allylic oxidation sites excluding steroid dienone is 1. The molecule has 0 unspecified atom stereocenters. The van der Waals surface area contributed by atoms with Gasteiger partial charge in [-0.25, -0.2) is 8.78 Å². The summed E-state index contributed by atoms with van der Waals surface area (Å²) in [5, 5.41) is 0. The minimum Gasteiger partial charge on any atom is -0.207 e. The van der Waals surface area contributed by atoms with Crippen LogP contribution in [-0.2, 0) is 0 Å². The highest BCUT2D eigenvalue weighted by Crippen LogP contribution is 2.32. The van der Waals surface area contributed by atoms with Crippen LogP contribution >= 0.6 is 0 Å². The summed E-state index contributed by atoms with van der Waals surface area (Å²) >= 11 is 0. The Kier molecular flexibility index (Phi) is 2.63. The predicted molar refractivity (Wildman–Crippen MR) is 41.8 cm³/mol. The first-order valence-corrected chi connectivity index (χ1v) is 4.15. The summed E-state index contributed by atoms with van der Waals surface area (Å²) < 4.78 is 25.7. The van der Waals surface area contributed by atoms with Crippen LogP contribution in [0.25, 0.3) is 0 Å². The molecule has 64 valence electrons. The van der Waals surface area contributed by atoms with Crippen molar-refractivity contribution in [3.05, 3.63) is 12.2 Å². The van der Waals surface area contributed by atoms with Crippen LogP contribution in [0.5, 0.6) is 0 Å². The van der Waals surface area contributed by atoms with E-state index in [9.17, 15) is 8.78 Å². The van der Waals surface area contributed by atoms with Gasteiger partial charge in [0.15, 0.2) is 0 Å². The van der Waals surface area contributed by atoms with Crippen molar-refractivity contribution in [2.24, 2.45) is 0 Å². The lowest BCUT2D eigenvalue weighted by Crippen LogP contribution is -2.18. The van der Waals surface area contributed by atoms with Gasteiger partial charge in [-0.2, -0.15) is 0 Å². The summed E-state index contributed by atoms with van der Waals surface area (Å²) in [5.41, 5.74) is 0.717. The molecule has 0 amide bonds. The van der Waals surface area contributed by atoms with Crippen molar-refractivity contribution >= 4 is 0 Å². The molecule has 2 heteroatoms. The first-order valence-electron chi connectivity index (χ1n) is 4.15. The van der Waals surface area contributed by atoms with Crippen LogP contribution in [0, 0.1) is 0 Å². The second-order valence-corrected chi connectivity index (χ2v) is 3.34. The summed E-state index contributed by atoms with van der Waals surface area (Å²) in [4.78, 5) is 0. The molecular weight excluding hydrogens is 146 g/mol. The van der Waals surface area contributed by atoms with E-state index in [-0.39, 0.29) is 12.8 Å². The van der Waals surface area contributed by atoms with Crippen molar-refractivity contribution in [1.29, 1.82) is 0 Å². The number of halogens is 2. The van der Waals surface area contributed by atoms with Gasteiger partial charge in [-0.1, -0.05) is 18.6 Å².